The maximum atomic E-state index is 12.8. The topological polar surface area (TPSA) is 52.6 Å². The maximum absolute atomic E-state index is 12.8. The first-order valence-electron chi connectivity index (χ1n) is 5.65. The van der Waals surface area contributed by atoms with Crippen molar-refractivity contribution in [3.8, 4) is 0 Å². The Kier molecular flexibility index (Phi) is 3.46. The summed E-state index contributed by atoms with van der Waals surface area (Å²) in [7, 11) is 0. The molecule has 1 amide bonds. The summed E-state index contributed by atoms with van der Waals surface area (Å²) in [5.41, 5.74) is 0.934. The lowest BCUT2D eigenvalue weighted by atomic mass is 10.1. The molecule has 1 aliphatic heterocycles. The number of carbonyl (C=O) groups is 1. The van der Waals surface area contributed by atoms with Gasteiger partial charge in [-0.05, 0) is 37.1 Å². The van der Waals surface area contributed by atoms with E-state index in [0.717, 1.165) is 25.1 Å². The largest absolute Gasteiger partial charge is 0.465 e. The molecule has 1 aromatic rings. The first-order valence-corrected chi connectivity index (χ1v) is 5.65. The summed E-state index contributed by atoms with van der Waals surface area (Å²) in [6.07, 6.45) is 0.794. The van der Waals surface area contributed by atoms with E-state index in [-0.39, 0.29) is 11.9 Å². The van der Waals surface area contributed by atoms with Crippen LogP contribution in [0.4, 0.5) is 14.9 Å². The van der Waals surface area contributed by atoms with Crippen molar-refractivity contribution in [2.75, 3.05) is 18.0 Å². The molecule has 0 aliphatic carbocycles. The lowest BCUT2D eigenvalue weighted by Gasteiger charge is -2.34. The average Bonchev–Trinajstić information content (AvgIpc) is 2.29. The van der Waals surface area contributed by atoms with Crippen molar-refractivity contribution < 1.29 is 14.3 Å². The van der Waals surface area contributed by atoms with Gasteiger partial charge in [0.05, 0.1) is 0 Å². The van der Waals surface area contributed by atoms with Gasteiger partial charge in [0.15, 0.2) is 0 Å². The maximum Gasteiger partial charge on any atom is 0.404 e. The molecule has 0 aromatic heterocycles. The Morgan fingerprint density at radius 3 is 2.76 bits per heavy atom. The Morgan fingerprint density at radius 1 is 1.41 bits per heavy atom. The molecule has 1 aromatic carbocycles. The number of hydrogen-bond acceptors (Lipinski definition) is 2. The summed E-state index contributed by atoms with van der Waals surface area (Å²) in [6, 6.07) is 6.23. The van der Waals surface area contributed by atoms with Crippen molar-refractivity contribution in [3.63, 3.8) is 0 Å². The third kappa shape index (κ3) is 3.09. The zero-order chi connectivity index (χ0) is 12.3. The van der Waals surface area contributed by atoms with Gasteiger partial charge in [-0.1, -0.05) is 0 Å². The fraction of sp³-hybridized carbons (Fsp3) is 0.417. The monoisotopic (exact) mass is 238 g/mol. The van der Waals surface area contributed by atoms with E-state index in [4.69, 9.17) is 5.11 Å². The van der Waals surface area contributed by atoms with E-state index in [0.29, 0.717) is 6.54 Å². The van der Waals surface area contributed by atoms with Crippen LogP contribution in [0.1, 0.15) is 12.8 Å². The standard InChI is InChI=1S/C12H15FN2O2/c13-9-3-5-11(6-4-9)15-7-1-2-10(8-15)14-12(16)17/h3-6,10,14H,1-2,7-8H2,(H,16,17)/t10-/m1/s1. The first kappa shape index (κ1) is 11.7. The molecule has 0 spiro atoms. The second kappa shape index (κ2) is 5.03. The molecule has 92 valence electrons. The van der Waals surface area contributed by atoms with E-state index >= 15 is 0 Å². The van der Waals surface area contributed by atoms with E-state index in [1.807, 2.05) is 0 Å². The summed E-state index contributed by atoms with van der Waals surface area (Å²) < 4.78 is 12.8. The van der Waals surface area contributed by atoms with Crippen LogP contribution in [0.25, 0.3) is 0 Å². The Morgan fingerprint density at radius 2 is 2.12 bits per heavy atom. The molecule has 0 unspecified atom stereocenters. The fourth-order valence-electron chi connectivity index (χ4n) is 2.16. The third-order valence-electron chi connectivity index (χ3n) is 2.94. The smallest absolute Gasteiger partial charge is 0.404 e. The Labute approximate surface area is 99.0 Å². The zero-order valence-corrected chi connectivity index (χ0v) is 9.40. The second-order valence-corrected chi connectivity index (χ2v) is 4.21. The Hall–Kier alpha value is -1.78. The SMILES string of the molecule is O=C(O)N[C@@H]1CCCN(c2ccc(F)cc2)C1. The van der Waals surface area contributed by atoms with Crippen molar-refractivity contribution in [2.24, 2.45) is 0 Å². The molecule has 1 atom stereocenters. The first-order chi connectivity index (χ1) is 8.15. The van der Waals surface area contributed by atoms with Crippen LogP contribution in [0.15, 0.2) is 24.3 Å². The van der Waals surface area contributed by atoms with E-state index < -0.39 is 6.09 Å². The van der Waals surface area contributed by atoms with Crippen molar-refractivity contribution in [1.29, 1.82) is 0 Å². The van der Waals surface area contributed by atoms with Gasteiger partial charge in [-0.3, -0.25) is 0 Å². The van der Waals surface area contributed by atoms with Crippen LogP contribution in [0.2, 0.25) is 0 Å². The molecule has 17 heavy (non-hydrogen) atoms. The highest BCUT2D eigenvalue weighted by molar-refractivity contribution is 5.65. The van der Waals surface area contributed by atoms with E-state index in [1.165, 1.54) is 12.1 Å². The number of piperidine rings is 1. The number of carboxylic acid groups (broad SMARTS) is 1. The highest BCUT2D eigenvalue weighted by atomic mass is 19.1. The zero-order valence-electron chi connectivity index (χ0n) is 9.40. The molecule has 1 fully saturated rings. The number of amides is 1. The fourth-order valence-corrected chi connectivity index (χ4v) is 2.16. The minimum atomic E-state index is -0.990. The molecule has 1 heterocycles. The predicted molar refractivity (Wildman–Crippen MR) is 62.8 cm³/mol. The summed E-state index contributed by atoms with van der Waals surface area (Å²) in [6.45, 7) is 1.52. The van der Waals surface area contributed by atoms with Gasteiger partial charge in [-0.2, -0.15) is 0 Å². The van der Waals surface area contributed by atoms with Gasteiger partial charge in [-0.15, -0.1) is 0 Å². The van der Waals surface area contributed by atoms with Gasteiger partial charge in [0.1, 0.15) is 5.82 Å². The molecular weight excluding hydrogens is 223 g/mol. The highest BCUT2D eigenvalue weighted by Gasteiger charge is 2.21. The van der Waals surface area contributed by atoms with Crippen LogP contribution in [-0.2, 0) is 0 Å². The lowest BCUT2D eigenvalue weighted by molar-refractivity contribution is 0.188. The van der Waals surface area contributed by atoms with E-state index in [9.17, 15) is 9.18 Å². The van der Waals surface area contributed by atoms with Crippen molar-refractivity contribution in [3.05, 3.63) is 30.1 Å². The van der Waals surface area contributed by atoms with Gasteiger partial charge in [0, 0.05) is 24.8 Å². The molecule has 2 rings (SSSR count). The summed E-state index contributed by atoms with van der Waals surface area (Å²) >= 11 is 0. The normalized spacial score (nSPS) is 20.1. The van der Waals surface area contributed by atoms with Crippen LogP contribution in [0, 0.1) is 5.82 Å². The van der Waals surface area contributed by atoms with Crippen LogP contribution in [0.5, 0.6) is 0 Å². The van der Waals surface area contributed by atoms with E-state index in [1.54, 1.807) is 12.1 Å². The van der Waals surface area contributed by atoms with Gasteiger partial charge in [0.2, 0.25) is 0 Å². The number of halogens is 1. The lowest BCUT2D eigenvalue weighted by Crippen LogP contribution is -2.47. The second-order valence-electron chi connectivity index (χ2n) is 4.21. The number of nitrogens with one attached hydrogen (secondary N) is 1. The quantitative estimate of drug-likeness (QED) is 0.829. The van der Waals surface area contributed by atoms with Gasteiger partial charge in [0.25, 0.3) is 0 Å². The van der Waals surface area contributed by atoms with Gasteiger partial charge < -0.3 is 15.3 Å². The molecule has 2 N–H and O–H groups in total. The van der Waals surface area contributed by atoms with Crippen molar-refractivity contribution in [1.82, 2.24) is 5.32 Å². The minimum absolute atomic E-state index is 0.0497. The van der Waals surface area contributed by atoms with Crippen LogP contribution >= 0.6 is 0 Å². The Bertz CT molecular complexity index is 394. The summed E-state index contributed by atoms with van der Waals surface area (Å²) in [5, 5.41) is 11.2. The predicted octanol–water partition coefficient (Wildman–Crippen LogP) is 2.06. The van der Waals surface area contributed by atoms with Crippen LogP contribution in [0.3, 0.4) is 0 Å². The molecule has 0 bridgehead atoms. The van der Waals surface area contributed by atoms with E-state index in [2.05, 4.69) is 10.2 Å². The Balaban J connectivity index is 2.01. The van der Waals surface area contributed by atoms with Crippen molar-refractivity contribution in [2.45, 2.75) is 18.9 Å². The molecule has 5 heteroatoms. The molecule has 4 nitrogen and oxygen atoms in total. The minimum Gasteiger partial charge on any atom is -0.465 e. The van der Waals surface area contributed by atoms with Crippen LogP contribution in [-0.4, -0.2) is 30.3 Å². The number of hydrogen-bond donors (Lipinski definition) is 2. The van der Waals surface area contributed by atoms with Crippen molar-refractivity contribution >= 4 is 11.8 Å². The summed E-state index contributed by atoms with van der Waals surface area (Å²) in [4.78, 5) is 12.6. The highest BCUT2D eigenvalue weighted by Crippen LogP contribution is 2.20. The van der Waals surface area contributed by atoms with Gasteiger partial charge >= 0.3 is 6.09 Å². The summed E-state index contributed by atoms with van der Waals surface area (Å²) in [5.74, 6) is -0.258. The number of rotatable bonds is 2. The molecule has 1 aliphatic rings. The molecular formula is C12H15FN2O2. The number of anilines is 1. The third-order valence-corrected chi connectivity index (χ3v) is 2.94. The molecule has 0 radical (unpaired) electrons. The van der Waals surface area contributed by atoms with Crippen LogP contribution < -0.4 is 10.2 Å². The number of nitrogens with zero attached hydrogens (tertiary/aromatic N) is 1. The average molecular weight is 238 g/mol. The number of benzene rings is 1. The molecule has 0 saturated carbocycles. The van der Waals surface area contributed by atoms with Gasteiger partial charge in [-0.25, -0.2) is 9.18 Å². The molecule has 1 saturated heterocycles.